The van der Waals surface area contributed by atoms with Crippen LogP contribution in [0.4, 0.5) is 11.4 Å². The molecule has 0 aliphatic heterocycles. The summed E-state index contributed by atoms with van der Waals surface area (Å²) in [6.45, 7) is 6.22. The average molecular weight is 265 g/mol. The number of carbonyl (C=O) groups is 1. The molecule has 0 bridgehead atoms. The number of primary amides is 1. The largest absolute Gasteiger partial charge is 0.397 e. The Labute approximate surface area is 114 Å². The molecule has 0 atom stereocenters. The van der Waals surface area contributed by atoms with Crippen LogP contribution in [0.5, 0.6) is 0 Å². The van der Waals surface area contributed by atoms with Crippen molar-refractivity contribution < 1.29 is 9.53 Å². The van der Waals surface area contributed by atoms with Crippen molar-refractivity contribution >= 4 is 17.3 Å². The third-order valence-corrected chi connectivity index (χ3v) is 2.75. The lowest BCUT2D eigenvalue weighted by Crippen LogP contribution is -2.18. The van der Waals surface area contributed by atoms with Crippen LogP contribution in [0.1, 0.15) is 30.6 Å². The number of benzene rings is 1. The molecule has 0 fully saturated rings. The number of ether oxygens (including phenoxy) is 1. The smallest absolute Gasteiger partial charge is 0.250 e. The maximum Gasteiger partial charge on any atom is 0.250 e. The van der Waals surface area contributed by atoms with E-state index in [0.29, 0.717) is 36.0 Å². The summed E-state index contributed by atoms with van der Waals surface area (Å²) < 4.78 is 5.49. The molecule has 0 radical (unpaired) electrons. The molecule has 0 aliphatic carbocycles. The fourth-order valence-electron chi connectivity index (χ4n) is 1.64. The van der Waals surface area contributed by atoms with E-state index >= 15 is 0 Å². The number of nitrogen functional groups attached to an aromatic ring is 1. The van der Waals surface area contributed by atoms with Crippen LogP contribution in [0.2, 0.25) is 0 Å². The monoisotopic (exact) mass is 265 g/mol. The fourth-order valence-corrected chi connectivity index (χ4v) is 1.64. The third-order valence-electron chi connectivity index (χ3n) is 2.75. The molecule has 19 heavy (non-hydrogen) atoms. The first kappa shape index (κ1) is 15.3. The highest BCUT2D eigenvalue weighted by atomic mass is 16.5. The van der Waals surface area contributed by atoms with Gasteiger partial charge in [0.05, 0.1) is 23.5 Å². The maximum absolute atomic E-state index is 11.3. The lowest BCUT2D eigenvalue weighted by atomic mass is 10.1. The van der Waals surface area contributed by atoms with E-state index in [-0.39, 0.29) is 0 Å². The number of hydrogen-bond acceptors (Lipinski definition) is 4. The average Bonchev–Trinajstić information content (AvgIpc) is 2.34. The summed E-state index contributed by atoms with van der Waals surface area (Å²) in [5, 5.41) is 3.10. The van der Waals surface area contributed by atoms with Gasteiger partial charge < -0.3 is 21.5 Å². The summed E-state index contributed by atoms with van der Waals surface area (Å²) in [4.78, 5) is 11.3. The van der Waals surface area contributed by atoms with Gasteiger partial charge in [-0.2, -0.15) is 0 Å². The van der Waals surface area contributed by atoms with Crippen LogP contribution in [-0.4, -0.2) is 25.7 Å². The van der Waals surface area contributed by atoms with Crippen molar-refractivity contribution in [3.8, 4) is 0 Å². The van der Waals surface area contributed by atoms with Gasteiger partial charge in [0.25, 0.3) is 5.91 Å². The molecule has 0 spiro atoms. The van der Waals surface area contributed by atoms with Crippen LogP contribution < -0.4 is 16.8 Å². The Kier molecular flexibility index (Phi) is 6.15. The number of carbonyl (C=O) groups excluding carboxylic acids is 1. The first-order chi connectivity index (χ1) is 9.02. The lowest BCUT2D eigenvalue weighted by molar-refractivity contribution is 0.100. The second-order valence-electron chi connectivity index (χ2n) is 4.86. The molecular weight excluding hydrogens is 242 g/mol. The minimum Gasteiger partial charge on any atom is -0.397 e. The number of para-hydroxylation sites is 1. The van der Waals surface area contributed by atoms with Crippen LogP contribution in [0.25, 0.3) is 0 Å². The zero-order valence-electron chi connectivity index (χ0n) is 11.6. The summed E-state index contributed by atoms with van der Waals surface area (Å²) in [5.74, 6) is 0.148. The van der Waals surface area contributed by atoms with E-state index in [2.05, 4.69) is 19.2 Å². The Morgan fingerprint density at radius 2 is 2.11 bits per heavy atom. The van der Waals surface area contributed by atoms with Gasteiger partial charge >= 0.3 is 0 Å². The van der Waals surface area contributed by atoms with Gasteiger partial charge in [0.1, 0.15) is 0 Å². The molecule has 0 unspecified atom stereocenters. The van der Waals surface area contributed by atoms with E-state index in [1.165, 1.54) is 0 Å². The first-order valence-corrected chi connectivity index (χ1v) is 6.52. The standard InChI is InChI=1S/C14H23N3O2/c1-10(2)6-8-19-9-7-17-13-11(14(16)18)4-3-5-12(13)15/h3-5,10,17H,6-9,15H2,1-2H3,(H2,16,18). The van der Waals surface area contributed by atoms with Crippen molar-refractivity contribution in [2.24, 2.45) is 11.7 Å². The number of rotatable bonds is 8. The Bertz CT molecular complexity index is 419. The van der Waals surface area contributed by atoms with Gasteiger partial charge in [0.15, 0.2) is 0 Å². The molecule has 5 N–H and O–H groups in total. The summed E-state index contributed by atoms with van der Waals surface area (Å²) in [6.07, 6.45) is 1.04. The minimum absolute atomic E-state index is 0.405. The van der Waals surface area contributed by atoms with Gasteiger partial charge in [-0.3, -0.25) is 4.79 Å². The molecule has 5 heteroatoms. The second-order valence-corrected chi connectivity index (χ2v) is 4.86. The summed E-state index contributed by atoms with van der Waals surface area (Å²) in [7, 11) is 0. The van der Waals surface area contributed by atoms with Crippen LogP contribution in [0, 0.1) is 5.92 Å². The number of amides is 1. The van der Waals surface area contributed by atoms with Crippen molar-refractivity contribution in [2.45, 2.75) is 20.3 Å². The van der Waals surface area contributed by atoms with Gasteiger partial charge in [-0.25, -0.2) is 0 Å². The molecule has 1 aromatic carbocycles. The van der Waals surface area contributed by atoms with Crippen LogP contribution in [-0.2, 0) is 4.74 Å². The van der Waals surface area contributed by atoms with Crippen molar-refractivity contribution in [2.75, 3.05) is 30.8 Å². The Morgan fingerprint density at radius 1 is 1.37 bits per heavy atom. The normalized spacial score (nSPS) is 10.7. The number of hydrogen-bond donors (Lipinski definition) is 3. The van der Waals surface area contributed by atoms with Gasteiger partial charge in [0.2, 0.25) is 0 Å². The highest BCUT2D eigenvalue weighted by Gasteiger charge is 2.10. The molecule has 0 aliphatic rings. The highest BCUT2D eigenvalue weighted by Crippen LogP contribution is 2.22. The molecule has 1 aromatic rings. The quantitative estimate of drug-likeness (QED) is 0.494. The van der Waals surface area contributed by atoms with Crippen molar-refractivity contribution in [3.63, 3.8) is 0 Å². The SMILES string of the molecule is CC(C)CCOCCNc1c(N)cccc1C(N)=O. The zero-order valence-corrected chi connectivity index (χ0v) is 11.6. The van der Waals surface area contributed by atoms with Gasteiger partial charge in [-0.15, -0.1) is 0 Å². The number of nitrogens with one attached hydrogen (secondary N) is 1. The third kappa shape index (κ3) is 5.18. The summed E-state index contributed by atoms with van der Waals surface area (Å²) in [6, 6.07) is 5.09. The fraction of sp³-hybridized carbons (Fsp3) is 0.500. The maximum atomic E-state index is 11.3. The Hall–Kier alpha value is -1.75. The molecular formula is C14H23N3O2. The van der Waals surface area contributed by atoms with E-state index in [9.17, 15) is 4.79 Å². The van der Waals surface area contributed by atoms with E-state index < -0.39 is 5.91 Å². The molecule has 5 nitrogen and oxygen atoms in total. The van der Waals surface area contributed by atoms with Crippen LogP contribution in [0.3, 0.4) is 0 Å². The zero-order chi connectivity index (χ0) is 14.3. The predicted molar refractivity (Wildman–Crippen MR) is 78.1 cm³/mol. The number of anilines is 2. The molecule has 0 aromatic heterocycles. The van der Waals surface area contributed by atoms with Crippen molar-refractivity contribution in [3.05, 3.63) is 23.8 Å². The topological polar surface area (TPSA) is 90.4 Å². The molecule has 0 heterocycles. The lowest BCUT2D eigenvalue weighted by Gasteiger charge is -2.13. The van der Waals surface area contributed by atoms with E-state index in [4.69, 9.17) is 16.2 Å². The molecule has 106 valence electrons. The van der Waals surface area contributed by atoms with E-state index in [1.54, 1.807) is 18.2 Å². The Morgan fingerprint density at radius 3 is 2.74 bits per heavy atom. The summed E-state index contributed by atoms with van der Waals surface area (Å²) in [5.41, 5.74) is 12.6. The Balaban J connectivity index is 2.43. The molecule has 0 saturated heterocycles. The predicted octanol–water partition coefficient (Wildman–Crippen LogP) is 1.84. The summed E-state index contributed by atoms with van der Waals surface area (Å²) >= 11 is 0. The van der Waals surface area contributed by atoms with Crippen LogP contribution in [0.15, 0.2) is 18.2 Å². The van der Waals surface area contributed by atoms with E-state index in [1.807, 2.05) is 0 Å². The van der Waals surface area contributed by atoms with Gasteiger partial charge in [0, 0.05) is 13.2 Å². The van der Waals surface area contributed by atoms with E-state index in [0.717, 1.165) is 13.0 Å². The molecule has 0 saturated carbocycles. The second kappa shape index (κ2) is 7.63. The van der Waals surface area contributed by atoms with Crippen LogP contribution >= 0.6 is 0 Å². The minimum atomic E-state index is -0.490. The first-order valence-electron chi connectivity index (χ1n) is 6.52. The van der Waals surface area contributed by atoms with Crippen molar-refractivity contribution in [1.82, 2.24) is 0 Å². The number of nitrogens with two attached hydrogens (primary N) is 2. The van der Waals surface area contributed by atoms with Gasteiger partial charge in [-0.05, 0) is 24.5 Å². The highest BCUT2D eigenvalue weighted by molar-refractivity contribution is 6.01. The molecule has 1 amide bonds. The molecule has 1 rings (SSSR count). The van der Waals surface area contributed by atoms with Gasteiger partial charge in [-0.1, -0.05) is 19.9 Å². The van der Waals surface area contributed by atoms with Crippen molar-refractivity contribution in [1.29, 1.82) is 0 Å².